The Morgan fingerprint density at radius 1 is 1.16 bits per heavy atom. The first-order valence-corrected chi connectivity index (χ1v) is 7.95. The van der Waals surface area contributed by atoms with Crippen LogP contribution in [0, 0.1) is 11.8 Å². The minimum atomic E-state index is 0.130. The van der Waals surface area contributed by atoms with Crippen LogP contribution in [0.1, 0.15) is 38.5 Å². The summed E-state index contributed by atoms with van der Waals surface area (Å²) < 4.78 is 5.48. The lowest BCUT2D eigenvalue weighted by atomic mass is 9.89. The van der Waals surface area contributed by atoms with E-state index in [4.69, 9.17) is 4.74 Å². The van der Waals surface area contributed by atoms with Crippen LogP contribution < -0.4 is 5.32 Å². The highest BCUT2D eigenvalue weighted by atomic mass is 16.5. The SMILES string of the molecule is O=C(C1CCCOC1)N1CCCC1C1CCCNC1. The van der Waals surface area contributed by atoms with Crippen molar-refractivity contribution in [2.75, 3.05) is 32.8 Å². The van der Waals surface area contributed by atoms with E-state index in [9.17, 15) is 4.79 Å². The Bertz CT molecular complexity index is 309. The maximum absolute atomic E-state index is 12.7. The average Bonchev–Trinajstić information content (AvgIpc) is 2.98. The zero-order valence-electron chi connectivity index (χ0n) is 11.8. The van der Waals surface area contributed by atoms with Crippen LogP contribution in [0.5, 0.6) is 0 Å². The minimum Gasteiger partial charge on any atom is -0.381 e. The Morgan fingerprint density at radius 3 is 2.84 bits per heavy atom. The molecule has 0 bridgehead atoms. The minimum absolute atomic E-state index is 0.130. The van der Waals surface area contributed by atoms with Crippen molar-refractivity contribution in [3.63, 3.8) is 0 Å². The molecule has 3 saturated heterocycles. The van der Waals surface area contributed by atoms with Gasteiger partial charge in [0.1, 0.15) is 0 Å². The monoisotopic (exact) mass is 266 g/mol. The van der Waals surface area contributed by atoms with Gasteiger partial charge in [0.25, 0.3) is 0 Å². The summed E-state index contributed by atoms with van der Waals surface area (Å²) >= 11 is 0. The largest absolute Gasteiger partial charge is 0.381 e. The molecule has 4 nitrogen and oxygen atoms in total. The lowest BCUT2D eigenvalue weighted by Crippen LogP contribution is -2.48. The summed E-state index contributed by atoms with van der Waals surface area (Å²) in [6.07, 6.45) is 6.98. The summed E-state index contributed by atoms with van der Waals surface area (Å²) in [7, 11) is 0. The standard InChI is InChI=1S/C15H26N2O2/c18-15(13-5-3-9-19-11-13)17-8-2-6-14(17)12-4-1-7-16-10-12/h12-14,16H,1-11H2. The van der Waals surface area contributed by atoms with Gasteiger partial charge < -0.3 is 15.0 Å². The number of nitrogens with zero attached hydrogens (tertiary/aromatic N) is 1. The lowest BCUT2D eigenvalue weighted by Gasteiger charge is -2.36. The first kappa shape index (κ1) is 13.4. The predicted octanol–water partition coefficient (Wildman–Crippen LogP) is 1.40. The quantitative estimate of drug-likeness (QED) is 0.821. The molecular formula is C15H26N2O2. The van der Waals surface area contributed by atoms with Crippen molar-refractivity contribution < 1.29 is 9.53 Å². The maximum atomic E-state index is 12.7. The van der Waals surface area contributed by atoms with Crippen molar-refractivity contribution in [2.24, 2.45) is 11.8 Å². The van der Waals surface area contributed by atoms with E-state index in [0.29, 0.717) is 24.5 Å². The Labute approximate surface area is 115 Å². The second-order valence-corrected chi connectivity index (χ2v) is 6.26. The van der Waals surface area contributed by atoms with E-state index in [1.807, 2.05) is 0 Å². The molecule has 3 atom stereocenters. The Balaban J connectivity index is 1.62. The first-order chi connectivity index (χ1) is 9.36. The Kier molecular flexibility index (Phi) is 4.38. The highest BCUT2D eigenvalue weighted by Crippen LogP contribution is 2.30. The van der Waals surface area contributed by atoms with Crippen LogP contribution in [0.4, 0.5) is 0 Å². The third-order valence-corrected chi connectivity index (χ3v) is 4.97. The van der Waals surface area contributed by atoms with Crippen LogP contribution >= 0.6 is 0 Å². The molecule has 3 aliphatic rings. The average molecular weight is 266 g/mol. The van der Waals surface area contributed by atoms with Gasteiger partial charge in [-0.2, -0.15) is 0 Å². The summed E-state index contributed by atoms with van der Waals surface area (Å²) in [5.74, 6) is 1.17. The molecule has 3 heterocycles. The van der Waals surface area contributed by atoms with Crippen molar-refractivity contribution in [1.29, 1.82) is 0 Å². The number of carbonyl (C=O) groups is 1. The van der Waals surface area contributed by atoms with Crippen LogP contribution in [0.25, 0.3) is 0 Å². The summed E-state index contributed by atoms with van der Waals surface area (Å²) in [4.78, 5) is 14.9. The van der Waals surface area contributed by atoms with Crippen LogP contribution in [-0.2, 0) is 9.53 Å². The molecule has 0 aromatic heterocycles. The molecule has 3 fully saturated rings. The fourth-order valence-corrected chi connectivity index (χ4v) is 3.93. The van der Waals surface area contributed by atoms with Gasteiger partial charge >= 0.3 is 0 Å². The highest BCUT2D eigenvalue weighted by molar-refractivity contribution is 5.79. The molecule has 3 aliphatic heterocycles. The molecule has 1 amide bonds. The van der Waals surface area contributed by atoms with Crippen molar-refractivity contribution >= 4 is 5.91 Å². The highest BCUT2D eigenvalue weighted by Gasteiger charge is 2.38. The fraction of sp³-hybridized carbons (Fsp3) is 0.933. The van der Waals surface area contributed by atoms with E-state index < -0.39 is 0 Å². The Morgan fingerprint density at radius 2 is 2.11 bits per heavy atom. The van der Waals surface area contributed by atoms with Crippen LogP contribution in [-0.4, -0.2) is 49.7 Å². The van der Waals surface area contributed by atoms with Gasteiger partial charge in [-0.05, 0) is 57.5 Å². The molecule has 0 aromatic carbocycles. The van der Waals surface area contributed by atoms with Crippen molar-refractivity contribution in [3.8, 4) is 0 Å². The molecule has 0 aliphatic carbocycles. The Hall–Kier alpha value is -0.610. The van der Waals surface area contributed by atoms with Gasteiger partial charge in [-0.15, -0.1) is 0 Å². The number of rotatable bonds is 2. The van der Waals surface area contributed by atoms with Gasteiger partial charge in [-0.25, -0.2) is 0 Å². The molecule has 0 saturated carbocycles. The molecule has 0 spiro atoms. The number of carbonyl (C=O) groups excluding carboxylic acids is 1. The predicted molar refractivity (Wildman–Crippen MR) is 73.9 cm³/mol. The van der Waals surface area contributed by atoms with Gasteiger partial charge in [0, 0.05) is 19.2 Å². The van der Waals surface area contributed by atoms with Gasteiger partial charge in [0.15, 0.2) is 0 Å². The van der Waals surface area contributed by atoms with Crippen LogP contribution in [0.15, 0.2) is 0 Å². The van der Waals surface area contributed by atoms with Gasteiger partial charge in [-0.3, -0.25) is 4.79 Å². The second-order valence-electron chi connectivity index (χ2n) is 6.26. The lowest BCUT2D eigenvalue weighted by molar-refractivity contribution is -0.141. The summed E-state index contributed by atoms with van der Waals surface area (Å²) in [6, 6.07) is 0.488. The third-order valence-electron chi connectivity index (χ3n) is 4.97. The number of ether oxygens (including phenoxy) is 1. The summed E-state index contributed by atoms with van der Waals surface area (Å²) in [6.45, 7) is 4.68. The molecule has 0 radical (unpaired) electrons. The van der Waals surface area contributed by atoms with Gasteiger partial charge in [0.2, 0.25) is 5.91 Å². The van der Waals surface area contributed by atoms with E-state index in [1.165, 1.54) is 25.7 Å². The van der Waals surface area contributed by atoms with E-state index in [1.54, 1.807) is 0 Å². The van der Waals surface area contributed by atoms with Crippen molar-refractivity contribution in [1.82, 2.24) is 10.2 Å². The number of hydrogen-bond acceptors (Lipinski definition) is 3. The molecule has 3 unspecified atom stereocenters. The number of amides is 1. The maximum Gasteiger partial charge on any atom is 0.228 e. The zero-order valence-corrected chi connectivity index (χ0v) is 11.8. The van der Waals surface area contributed by atoms with E-state index in [-0.39, 0.29) is 5.92 Å². The molecule has 1 N–H and O–H groups in total. The van der Waals surface area contributed by atoms with Crippen molar-refractivity contribution in [2.45, 2.75) is 44.6 Å². The topological polar surface area (TPSA) is 41.6 Å². The van der Waals surface area contributed by atoms with E-state index >= 15 is 0 Å². The van der Waals surface area contributed by atoms with Gasteiger partial charge in [-0.1, -0.05) is 0 Å². The number of likely N-dealkylation sites (tertiary alicyclic amines) is 1. The number of hydrogen-bond donors (Lipinski definition) is 1. The zero-order chi connectivity index (χ0) is 13.1. The van der Waals surface area contributed by atoms with E-state index in [0.717, 1.165) is 39.1 Å². The molecule has 4 heteroatoms. The molecular weight excluding hydrogens is 240 g/mol. The fourth-order valence-electron chi connectivity index (χ4n) is 3.93. The molecule has 19 heavy (non-hydrogen) atoms. The van der Waals surface area contributed by atoms with Gasteiger partial charge in [0.05, 0.1) is 12.5 Å². The second kappa shape index (κ2) is 6.23. The van der Waals surface area contributed by atoms with Crippen LogP contribution in [0.2, 0.25) is 0 Å². The molecule has 0 aromatic rings. The third kappa shape index (κ3) is 2.95. The van der Waals surface area contributed by atoms with E-state index in [2.05, 4.69) is 10.2 Å². The molecule has 108 valence electrons. The van der Waals surface area contributed by atoms with Crippen molar-refractivity contribution in [3.05, 3.63) is 0 Å². The first-order valence-electron chi connectivity index (χ1n) is 7.95. The normalized spacial score (nSPS) is 36.4. The summed E-state index contributed by atoms with van der Waals surface area (Å²) in [5, 5.41) is 3.49. The summed E-state index contributed by atoms with van der Waals surface area (Å²) in [5.41, 5.74) is 0. The smallest absolute Gasteiger partial charge is 0.228 e. The van der Waals surface area contributed by atoms with Crippen LogP contribution in [0.3, 0.4) is 0 Å². The number of nitrogens with one attached hydrogen (secondary N) is 1. The number of piperidine rings is 1. The molecule has 3 rings (SSSR count).